The number of nitrogens with zero attached hydrogens (tertiary/aromatic N) is 3. The molecule has 1 aromatic carbocycles. The van der Waals surface area contributed by atoms with Crippen molar-refractivity contribution in [1.82, 2.24) is 15.1 Å². The van der Waals surface area contributed by atoms with E-state index in [0.717, 1.165) is 35.1 Å². The molecule has 1 amide bonds. The van der Waals surface area contributed by atoms with Gasteiger partial charge in [0.2, 0.25) is 5.89 Å². The first-order valence-corrected chi connectivity index (χ1v) is 8.83. The average molecular weight is 351 g/mol. The van der Waals surface area contributed by atoms with Gasteiger partial charge in [0.1, 0.15) is 6.26 Å². The lowest BCUT2D eigenvalue weighted by atomic mass is 9.96. The molecule has 1 aliphatic heterocycles. The van der Waals surface area contributed by atoms with E-state index in [1.54, 1.807) is 18.6 Å². The molecular weight excluding hydrogens is 330 g/mol. The van der Waals surface area contributed by atoms with Crippen LogP contribution in [0.25, 0.3) is 11.5 Å². The third kappa shape index (κ3) is 3.27. The summed E-state index contributed by atoms with van der Waals surface area (Å²) < 4.78 is 10.8. The van der Waals surface area contributed by atoms with E-state index in [1.165, 1.54) is 0 Å². The Morgan fingerprint density at radius 3 is 2.50 bits per heavy atom. The summed E-state index contributed by atoms with van der Waals surface area (Å²) >= 11 is 0. The van der Waals surface area contributed by atoms with Crippen molar-refractivity contribution in [3.8, 4) is 11.5 Å². The molecule has 3 aromatic rings. The maximum Gasteiger partial charge on any atom is 0.253 e. The molecule has 1 aliphatic rings. The summed E-state index contributed by atoms with van der Waals surface area (Å²) in [5.74, 6) is 1.40. The molecule has 0 atom stereocenters. The van der Waals surface area contributed by atoms with Crippen molar-refractivity contribution >= 4 is 5.91 Å². The Labute approximate surface area is 151 Å². The highest BCUT2D eigenvalue weighted by Crippen LogP contribution is 2.30. The summed E-state index contributed by atoms with van der Waals surface area (Å²) in [4.78, 5) is 14.7. The number of benzene rings is 1. The highest BCUT2D eigenvalue weighted by atomic mass is 16.4. The molecule has 0 aliphatic carbocycles. The topological polar surface area (TPSA) is 72.4 Å². The van der Waals surface area contributed by atoms with Crippen LogP contribution < -0.4 is 0 Å². The van der Waals surface area contributed by atoms with E-state index >= 15 is 0 Å². The zero-order valence-electron chi connectivity index (χ0n) is 14.9. The van der Waals surface area contributed by atoms with Crippen LogP contribution in [0, 0.1) is 13.8 Å². The van der Waals surface area contributed by atoms with Gasteiger partial charge in [-0.25, -0.2) is 0 Å². The zero-order chi connectivity index (χ0) is 18.1. The summed E-state index contributed by atoms with van der Waals surface area (Å²) in [5, 5.41) is 8.28. The van der Waals surface area contributed by atoms with Gasteiger partial charge in [-0.05, 0) is 44.9 Å². The lowest BCUT2D eigenvalue weighted by Gasteiger charge is -2.30. The van der Waals surface area contributed by atoms with Crippen molar-refractivity contribution in [2.24, 2.45) is 0 Å². The van der Waals surface area contributed by atoms with E-state index in [9.17, 15) is 4.79 Å². The molecule has 1 saturated heterocycles. The molecule has 6 nitrogen and oxygen atoms in total. The minimum absolute atomic E-state index is 0.0971. The third-order valence-corrected chi connectivity index (χ3v) is 4.81. The second kappa shape index (κ2) is 6.78. The summed E-state index contributed by atoms with van der Waals surface area (Å²) in [6, 6.07) is 7.78. The van der Waals surface area contributed by atoms with Crippen molar-refractivity contribution in [3.63, 3.8) is 0 Å². The number of hydrogen-bond donors (Lipinski definition) is 0. The predicted molar refractivity (Wildman–Crippen MR) is 95.8 cm³/mol. The van der Waals surface area contributed by atoms with Crippen LogP contribution in [-0.2, 0) is 0 Å². The van der Waals surface area contributed by atoms with Crippen LogP contribution in [-0.4, -0.2) is 34.1 Å². The first-order chi connectivity index (χ1) is 12.6. The van der Waals surface area contributed by atoms with Crippen LogP contribution in [0.15, 0.2) is 45.6 Å². The van der Waals surface area contributed by atoms with Gasteiger partial charge in [-0.15, -0.1) is 10.2 Å². The number of rotatable bonds is 3. The Hall–Kier alpha value is -2.89. The van der Waals surface area contributed by atoms with E-state index in [0.29, 0.717) is 24.9 Å². The second-order valence-electron chi connectivity index (χ2n) is 6.90. The lowest BCUT2D eigenvalue weighted by molar-refractivity contribution is 0.0706. The van der Waals surface area contributed by atoms with Gasteiger partial charge in [0, 0.05) is 24.6 Å². The van der Waals surface area contributed by atoms with E-state index in [1.807, 2.05) is 30.9 Å². The van der Waals surface area contributed by atoms with Crippen molar-refractivity contribution in [1.29, 1.82) is 0 Å². The molecule has 1 fully saturated rings. The Kier molecular flexibility index (Phi) is 4.32. The van der Waals surface area contributed by atoms with Crippen LogP contribution in [0.5, 0.6) is 0 Å². The van der Waals surface area contributed by atoms with Gasteiger partial charge in [0.25, 0.3) is 11.8 Å². The van der Waals surface area contributed by atoms with Crippen molar-refractivity contribution in [2.45, 2.75) is 32.6 Å². The van der Waals surface area contributed by atoms with Gasteiger partial charge < -0.3 is 13.7 Å². The number of carbonyl (C=O) groups excluding carboxylic acids is 1. The van der Waals surface area contributed by atoms with Crippen molar-refractivity contribution in [3.05, 3.63) is 59.4 Å². The Morgan fingerprint density at radius 1 is 1.12 bits per heavy atom. The van der Waals surface area contributed by atoms with E-state index in [2.05, 4.69) is 16.3 Å². The summed E-state index contributed by atoms with van der Waals surface area (Å²) in [6.45, 7) is 5.42. The SMILES string of the molecule is Cc1cc(C)cc(C(=O)N2CCC(c3nnc(-c4ccoc4)o3)CC2)c1. The lowest BCUT2D eigenvalue weighted by Crippen LogP contribution is -2.38. The highest BCUT2D eigenvalue weighted by molar-refractivity contribution is 5.94. The van der Waals surface area contributed by atoms with E-state index in [4.69, 9.17) is 8.83 Å². The molecule has 0 saturated carbocycles. The first-order valence-electron chi connectivity index (χ1n) is 8.83. The highest BCUT2D eigenvalue weighted by Gasteiger charge is 2.28. The smallest absolute Gasteiger partial charge is 0.253 e. The van der Waals surface area contributed by atoms with Gasteiger partial charge in [-0.3, -0.25) is 4.79 Å². The molecule has 3 heterocycles. The van der Waals surface area contributed by atoms with Crippen LogP contribution in [0.3, 0.4) is 0 Å². The maximum atomic E-state index is 12.8. The molecular formula is C20H21N3O3. The Balaban J connectivity index is 1.42. The number of carbonyl (C=O) groups is 1. The monoisotopic (exact) mass is 351 g/mol. The minimum Gasteiger partial charge on any atom is -0.472 e. The van der Waals surface area contributed by atoms with Crippen LogP contribution in [0.1, 0.15) is 46.1 Å². The molecule has 0 radical (unpaired) electrons. The van der Waals surface area contributed by atoms with Gasteiger partial charge in [0.05, 0.1) is 11.8 Å². The van der Waals surface area contributed by atoms with Gasteiger partial charge in [-0.2, -0.15) is 0 Å². The Bertz CT molecular complexity index is 886. The fraction of sp³-hybridized carbons (Fsp3) is 0.350. The fourth-order valence-corrected chi connectivity index (χ4v) is 3.51. The molecule has 0 N–H and O–H groups in total. The van der Waals surface area contributed by atoms with Crippen molar-refractivity contribution < 1.29 is 13.6 Å². The van der Waals surface area contributed by atoms with E-state index < -0.39 is 0 Å². The third-order valence-electron chi connectivity index (χ3n) is 4.81. The molecule has 0 unspecified atom stereocenters. The van der Waals surface area contributed by atoms with Gasteiger partial charge >= 0.3 is 0 Å². The second-order valence-corrected chi connectivity index (χ2v) is 6.90. The van der Waals surface area contributed by atoms with Crippen molar-refractivity contribution in [2.75, 3.05) is 13.1 Å². The summed E-state index contributed by atoms with van der Waals surface area (Å²) in [6.07, 6.45) is 4.81. The number of aryl methyl sites for hydroxylation is 2. The number of furan rings is 1. The first kappa shape index (κ1) is 16.6. The molecule has 2 aromatic heterocycles. The molecule has 134 valence electrons. The quantitative estimate of drug-likeness (QED) is 0.714. The molecule has 0 spiro atoms. The zero-order valence-corrected chi connectivity index (χ0v) is 14.9. The predicted octanol–water partition coefficient (Wildman–Crippen LogP) is 3.97. The van der Waals surface area contributed by atoms with Crippen LogP contribution in [0.2, 0.25) is 0 Å². The molecule has 4 rings (SSSR count). The fourth-order valence-electron chi connectivity index (χ4n) is 3.51. The standard InChI is InChI=1S/C20H21N3O3/c1-13-9-14(2)11-17(10-13)20(24)23-6-3-15(4-7-23)18-21-22-19(26-18)16-5-8-25-12-16/h5,8-12,15H,3-4,6-7H2,1-2H3. The van der Waals surface area contributed by atoms with Crippen LogP contribution in [0.4, 0.5) is 0 Å². The number of piperidine rings is 1. The number of likely N-dealkylation sites (tertiary alicyclic amines) is 1. The van der Waals surface area contributed by atoms with Gasteiger partial charge in [-0.1, -0.05) is 17.2 Å². The largest absolute Gasteiger partial charge is 0.472 e. The summed E-state index contributed by atoms with van der Waals surface area (Å²) in [7, 11) is 0. The minimum atomic E-state index is 0.0971. The number of amides is 1. The number of hydrogen-bond acceptors (Lipinski definition) is 5. The number of aromatic nitrogens is 2. The normalized spacial score (nSPS) is 15.4. The van der Waals surface area contributed by atoms with Gasteiger partial charge in [0.15, 0.2) is 0 Å². The van der Waals surface area contributed by atoms with Crippen LogP contribution >= 0.6 is 0 Å². The molecule has 6 heteroatoms. The van der Waals surface area contributed by atoms with E-state index in [-0.39, 0.29) is 11.8 Å². The maximum absolute atomic E-state index is 12.8. The average Bonchev–Trinajstić information content (AvgIpc) is 3.32. The molecule has 0 bridgehead atoms. The summed E-state index contributed by atoms with van der Waals surface area (Å²) in [5.41, 5.74) is 3.77. The Morgan fingerprint density at radius 2 is 1.85 bits per heavy atom. The molecule has 26 heavy (non-hydrogen) atoms.